The molecule has 1 rings (SSSR count). The van der Waals surface area contributed by atoms with Gasteiger partial charge >= 0.3 is 0 Å². The fourth-order valence-electron chi connectivity index (χ4n) is 1.99. The zero-order chi connectivity index (χ0) is 16.0. The number of nitrogens with one attached hydrogen (secondary N) is 2. The van der Waals surface area contributed by atoms with Crippen molar-refractivity contribution < 1.29 is 4.79 Å². The van der Waals surface area contributed by atoms with E-state index in [0.29, 0.717) is 13.0 Å². The van der Waals surface area contributed by atoms with Crippen LogP contribution in [0, 0.1) is 6.92 Å². The van der Waals surface area contributed by atoms with E-state index in [2.05, 4.69) is 49.4 Å². The van der Waals surface area contributed by atoms with Gasteiger partial charge in [-0.1, -0.05) is 0 Å². The monoisotopic (exact) mass is 292 g/mol. The summed E-state index contributed by atoms with van der Waals surface area (Å²) in [7, 11) is 3.62. The summed E-state index contributed by atoms with van der Waals surface area (Å²) in [4.78, 5) is 17.9. The lowest BCUT2D eigenvalue weighted by Crippen LogP contribution is -2.35. The number of aryl methyl sites for hydroxylation is 1. The number of amides is 1. The molecule has 0 bridgehead atoms. The van der Waals surface area contributed by atoms with Crippen molar-refractivity contribution >= 4 is 11.7 Å². The van der Waals surface area contributed by atoms with Gasteiger partial charge in [-0.2, -0.15) is 0 Å². The molecule has 118 valence electrons. The summed E-state index contributed by atoms with van der Waals surface area (Å²) in [6, 6.07) is 2.15. The van der Waals surface area contributed by atoms with Crippen LogP contribution in [0.5, 0.6) is 0 Å². The van der Waals surface area contributed by atoms with Crippen LogP contribution in [0.3, 0.4) is 0 Å². The zero-order valence-electron chi connectivity index (χ0n) is 14.1. The number of nitrogens with zero attached hydrogens (tertiary/aromatic N) is 2. The molecule has 0 saturated carbocycles. The molecule has 5 heteroatoms. The molecule has 0 spiro atoms. The number of carbonyl (C=O) groups excluding carboxylic acids is 1. The second-order valence-electron chi connectivity index (χ2n) is 6.43. The van der Waals surface area contributed by atoms with Crippen LogP contribution in [0.2, 0.25) is 0 Å². The van der Waals surface area contributed by atoms with Gasteiger partial charge in [0.2, 0.25) is 5.91 Å². The summed E-state index contributed by atoms with van der Waals surface area (Å²) in [5.74, 6) is 0.976. The average molecular weight is 292 g/mol. The number of hydrogen-bond donors (Lipinski definition) is 2. The first-order valence-electron chi connectivity index (χ1n) is 7.35. The van der Waals surface area contributed by atoms with Crippen molar-refractivity contribution in [2.45, 2.75) is 46.2 Å². The van der Waals surface area contributed by atoms with Crippen LogP contribution in [-0.2, 0) is 11.3 Å². The van der Waals surface area contributed by atoms with Gasteiger partial charge in [0, 0.05) is 45.3 Å². The first-order valence-corrected chi connectivity index (χ1v) is 7.35. The van der Waals surface area contributed by atoms with Crippen LogP contribution in [-0.4, -0.2) is 37.1 Å². The van der Waals surface area contributed by atoms with Crippen LogP contribution < -0.4 is 15.5 Å². The number of aromatic nitrogens is 1. The lowest BCUT2D eigenvalue weighted by atomic mass is 10.1. The lowest BCUT2D eigenvalue weighted by Gasteiger charge is -2.22. The van der Waals surface area contributed by atoms with Crippen LogP contribution in [0.25, 0.3) is 0 Å². The molecule has 0 aliphatic carbocycles. The first-order chi connectivity index (χ1) is 9.73. The molecule has 0 radical (unpaired) electrons. The predicted molar refractivity (Wildman–Crippen MR) is 87.5 cm³/mol. The van der Waals surface area contributed by atoms with Crippen molar-refractivity contribution in [3.8, 4) is 0 Å². The van der Waals surface area contributed by atoms with E-state index in [0.717, 1.165) is 17.9 Å². The summed E-state index contributed by atoms with van der Waals surface area (Å²) < 4.78 is 0. The Hall–Kier alpha value is -1.62. The normalized spacial score (nSPS) is 11.3. The number of pyridine rings is 1. The highest BCUT2D eigenvalue weighted by Crippen LogP contribution is 2.17. The standard InChI is InChI=1S/C16H28N4O/c1-12-9-13(11-19-16(2,3)4)10-18-15(12)20(6)8-7-14(21)17-5/h9-10,19H,7-8,11H2,1-6H3,(H,17,21). The maximum Gasteiger partial charge on any atom is 0.221 e. The second-order valence-corrected chi connectivity index (χ2v) is 6.43. The van der Waals surface area contributed by atoms with Crippen LogP contribution in [0.4, 0.5) is 5.82 Å². The molecule has 0 unspecified atom stereocenters. The molecule has 2 N–H and O–H groups in total. The van der Waals surface area contributed by atoms with Gasteiger partial charge in [-0.05, 0) is 44.9 Å². The van der Waals surface area contributed by atoms with Crippen LogP contribution in [0.1, 0.15) is 38.3 Å². The average Bonchev–Trinajstić information content (AvgIpc) is 2.41. The van der Waals surface area contributed by atoms with Gasteiger partial charge in [0.25, 0.3) is 0 Å². The molecule has 0 saturated heterocycles. The second kappa shape index (κ2) is 7.41. The van der Waals surface area contributed by atoms with E-state index in [-0.39, 0.29) is 11.4 Å². The van der Waals surface area contributed by atoms with E-state index in [1.54, 1.807) is 7.05 Å². The maximum atomic E-state index is 11.3. The maximum absolute atomic E-state index is 11.3. The van der Waals surface area contributed by atoms with Crippen molar-refractivity contribution in [2.75, 3.05) is 25.5 Å². The third-order valence-corrected chi connectivity index (χ3v) is 3.24. The SMILES string of the molecule is CNC(=O)CCN(C)c1ncc(CNC(C)(C)C)cc1C. The highest BCUT2D eigenvalue weighted by molar-refractivity contribution is 5.76. The quantitative estimate of drug-likeness (QED) is 0.840. The summed E-state index contributed by atoms with van der Waals surface area (Å²) in [6.45, 7) is 9.96. The Morgan fingerprint density at radius 1 is 1.38 bits per heavy atom. The van der Waals surface area contributed by atoms with Crippen molar-refractivity contribution in [2.24, 2.45) is 0 Å². The Labute approximate surface area is 128 Å². The van der Waals surface area contributed by atoms with Crippen molar-refractivity contribution in [3.05, 3.63) is 23.4 Å². The van der Waals surface area contributed by atoms with Gasteiger partial charge in [-0.3, -0.25) is 4.79 Å². The van der Waals surface area contributed by atoms with Crippen molar-refractivity contribution in [3.63, 3.8) is 0 Å². The summed E-state index contributed by atoms with van der Waals surface area (Å²) in [5.41, 5.74) is 2.39. The summed E-state index contributed by atoms with van der Waals surface area (Å²) >= 11 is 0. The number of rotatable bonds is 6. The molecule has 5 nitrogen and oxygen atoms in total. The molecule has 1 aromatic heterocycles. The van der Waals surface area contributed by atoms with Gasteiger partial charge in [0.1, 0.15) is 5.82 Å². The van der Waals surface area contributed by atoms with E-state index in [9.17, 15) is 4.79 Å². The Kier molecular flexibility index (Phi) is 6.15. The van der Waals surface area contributed by atoms with Crippen molar-refractivity contribution in [1.82, 2.24) is 15.6 Å². The molecule has 1 aromatic rings. The molecule has 0 aromatic carbocycles. The third-order valence-electron chi connectivity index (χ3n) is 3.24. The Morgan fingerprint density at radius 3 is 2.57 bits per heavy atom. The molecule has 0 fully saturated rings. The van der Waals surface area contributed by atoms with Crippen molar-refractivity contribution in [1.29, 1.82) is 0 Å². The molecule has 0 aliphatic rings. The Morgan fingerprint density at radius 2 is 2.05 bits per heavy atom. The van der Waals surface area contributed by atoms with E-state index >= 15 is 0 Å². The van der Waals surface area contributed by atoms with E-state index in [1.807, 2.05) is 18.1 Å². The minimum absolute atomic E-state index is 0.0468. The highest BCUT2D eigenvalue weighted by Gasteiger charge is 2.11. The third kappa shape index (κ3) is 6.12. The molecule has 21 heavy (non-hydrogen) atoms. The fraction of sp³-hybridized carbons (Fsp3) is 0.625. The topological polar surface area (TPSA) is 57.3 Å². The molecule has 0 atom stereocenters. The van der Waals surface area contributed by atoms with Crippen LogP contribution in [0.15, 0.2) is 12.3 Å². The largest absolute Gasteiger partial charge is 0.359 e. The number of anilines is 1. The van der Waals surface area contributed by atoms with E-state index < -0.39 is 0 Å². The van der Waals surface area contributed by atoms with Gasteiger partial charge in [-0.25, -0.2) is 4.98 Å². The fourth-order valence-corrected chi connectivity index (χ4v) is 1.99. The smallest absolute Gasteiger partial charge is 0.221 e. The van der Waals surface area contributed by atoms with Crippen LogP contribution >= 0.6 is 0 Å². The molecule has 0 aliphatic heterocycles. The minimum atomic E-state index is 0.0468. The zero-order valence-corrected chi connectivity index (χ0v) is 14.1. The summed E-state index contributed by atoms with van der Waals surface area (Å²) in [6.07, 6.45) is 2.37. The highest BCUT2D eigenvalue weighted by atomic mass is 16.1. The lowest BCUT2D eigenvalue weighted by molar-refractivity contribution is -0.120. The summed E-state index contributed by atoms with van der Waals surface area (Å²) in [5, 5.41) is 6.09. The van der Waals surface area contributed by atoms with Gasteiger partial charge < -0.3 is 15.5 Å². The molecule has 1 amide bonds. The first kappa shape index (κ1) is 17.4. The number of carbonyl (C=O) groups is 1. The molecule has 1 heterocycles. The molecular weight excluding hydrogens is 264 g/mol. The molecular formula is C16H28N4O. The predicted octanol–water partition coefficient (Wildman–Crippen LogP) is 1.85. The van der Waals surface area contributed by atoms with Gasteiger partial charge in [-0.15, -0.1) is 0 Å². The van der Waals surface area contributed by atoms with E-state index in [4.69, 9.17) is 0 Å². The number of hydrogen-bond acceptors (Lipinski definition) is 4. The Bertz CT molecular complexity index is 480. The van der Waals surface area contributed by atoms with E-state index in [1.165, 1.54) is 5.56 Å². The minimum Gasteiger partial charge on any atom is -0.359 e. The van der Waals surface area contributed by atoms with Gasteiger partial charge in [0.05, 0.1) is 0 Å². The Balaban J connectivity index is 2.67. The van der Waals surface area contributed by atoms with Gasteiger partial charge in [0.15, 0.2) is 0 Å².